The van der Waals surface area contributed by atoms with E-state index in [1.54, 1.807) is 0 Å². The van der Waals surface area contributed by atoms with Crippen LogP contribution in [-0.4, -0.2) is 5.11 Å². The second-order valence-corrected chi connectivity index (χ2v) is 6.96. The van der Waals surface area contributed by atoms with E-state index < -0.39 is 11.5 Å². The summed E-state index contributed by atoms with van der Waals surface area (Å²) in [5, 5.41) is 20.5. The summed E-state index contributed by atoms with van der Waals surface area (Å²) in [5.74, 6) is 1.47. The smallest absolute Gasteiger partial charge is 0.0976 e. The van der Waals surface area contributed by atoms with Gasteiger partial charge in [-0.1, -0.05) is 37.6 Å². The van der Waals surface area contributed by atoms with Gasteiger partial charge in [-0.05, 0) is 61.5 Å². The van der Waals surface area contributed by atoms with Gasteiger partial charge in [-0.25, -0.2) is 0 Å². The van der Waals surface area contributed by atoms with Gasteiger partial charge in [-0.3, -0.25) is 0 Å². The van der Waals surface area contributed by atoms with E-state index in [0.717, 1.165) is 43.1 Å². The largest absolute Gasteiger partial charge is 0.387 e. The van der Waals surface area contributed by atoms with Crippen LogP contribution in [-0.2, 0) is 0 Å². The fourth-order valence-corrected chi connectivity index (χ4v) is 3.73. The highest BCUT2D eigenvalue weighted by Gasteiger charge is 2.42. The lowest BCUT2D eigenvalue weighted by molar-refractivity contribution is 0.0242. The Morgan fingerprint density at radius 2 is 1.81 bits per heavy atom. The summed E-state index contributed by atoms with van der Waals surface area (Å²) in [6.07, 6.45) is 6.93. The zero-order chi connectivity index (χ0) is 14.9. The first-order chi connectivity index (χ1) is 10.2. The van der Waals surface area contributed by atoms with E-state index in [0.29, 0.717) is 0 Å². The summed E-state index contributed by atoms with van der Waals surface area (Å²) in [5.41, 5.74) is 1.72. The van der Waals surface area contributed by atoms with E-state index in [4.69, 9.17) is 0 Å². The fourth-order valence-electron chi connectivity index (χ4n) is 3.73. The summed E-state index contributed by atoms with van der Waals surface area (Å²) in [7, 11) is 0. The molecule has 2 saturated carbocycles. The lowest BCUT2D eigenvalue weighted by Crippen LogP contribution is -2.32. The van der Waals surface area contributed by atoms with Crippen molar-refractivity contribution in [2.45, 2.75) is 63.9 Å². The summed E-state index contributed by atoms with van der Waals surface area (Å²) < 4.78 is 0. The molecule has 1 unspecified atom stereocenters. The Labute approximate surface area is 127 Å². The molecule has 1 N–H and O–H groups in total. The maximum Gasteiger partial charge on any atom is 0.0976 e. The monoisotopic (exact) mass is 283 g/mol. The quantitative estimate of drug-likeness (QED) is 0.869. The van der Waals surface area contributed by atoms with Gasteiger partial charge in [0.05, 0.1) is 17.6 Å². The molecule has 0 amide bonds. The molecule has 2 fully saturated rings. The van der Waals surface area contributed by atoms with E-state index >= 15 is 0 Å². The SMILES string of the molecule is CCC1CCC(C#N)(C(O)c2ccc(C3CC3)cc2)CC1. The van der Waals surface area contributed by atoms with Gasteiger partial charge in [0.15, 0.2) is 0 Å². The molecule has 0 radical (unpaired) electrons. The molecule has 21 heavy (non-hydrogen) atoms. The molecule has 0 heterocycles. The van der Waals surface area contributed by atoms with E-state index in [-0.39, 0.29) is 0 Å². The van der Waals surface area contributed by atoms with Crippen molar-refractivity contribution in [3.63, 3.8) is 0 Å². The van der Waals surface area contributed by atoms with Crippen molar-refractivity contribution >= 4 is 0 Å². The molecule has 2 aliphatic carbocycles. The van der Waals surface area contributed by atoms with Crippen molar-refractivity contribution in [3.8, 4) is 6.07 Å². The van der Waals surface area contributed by atoms with Crippen LogP contribution in [0.4, 0.5) is 0 Å². The lowest BCUT2D eigenvalue weighted by atomic mass is 9.66. The van der Waals surface area contributed by atoms with Crippen molar-refractivity contribution in [2.75, 3.05) is 0 Å². The number of nitriles is 1. The molecular formula is C19H25NO. The Morgan fingerprint density at radius 3 is 2.29 bits per heavy atom. The van der Waals surface area contributed by atoms with Gasteiger partial charge in [-0.2, -0.15) is 5.26 Å². The van der Waals surface area contributed by atoms with Crippen molar-refractivity contribution in [2.24, 2.45) is 11.3 Å². The molecule has 0 aromatic heterocycles. The van der Waals surface area contributed by atoms with Crippen molar-refractivity contribution in [1.82, 2.24) is 0 Å². The van der Waals surface area contributed by atoms with E-state index in [2.05, 4.69) is 25.1 Å². The zero-order valence-electron chi connectivity index (χ0n) is 12.9. The van der Waals surface area contributed by atoms with Crippen LogP contribution >= 0.6 is 0 Å². The maximum atomic E-state index is 10.8. The molecular weight excluding hydrogens is 258 g/mol. The summed E-state index contributed by atoms with van der Waals surface area (Å²) in [6, 6.07) is 10.8. The second kappa shape index (κ2) is 5.81. The van der Waals surface area contributed by atoms with Crippen LogP contribution in [0.15, 0.2) is 24.3 Å². The third-order valence-electron chi connectivity index (χ3n) is 5.62. The average Bonchev–Trinajstić information content (AvgIpc) is 3.39. The molecule has 2 nitrogen and oxygen atoms in total. The standard InChI is InChI=1S/C19H25NO/c1-2-14-9-11-19(13-20,12-10-14)18(21)17-7-5-16(6-8-17)15-3-4-15/h5-8,14-15,18,21H,2-4,9-12H2,1H3. The van der Waals surface area contributed by atoms with Gasteiger partial charge in [0.1, 0.15) is 0 Å². The van der Waals surface area contributed by atoms with Crippen LogP contribution in [0, 0.1) is 22.7 Å². The first-order valence-corrected chi connectivity index (χ1v) is 8.37. The summed E-state index contributed by atoms with van der Waals surface area (Å²) >= 11 is 0. The predicted octanol–water partition coefficient (Wildman–Crippen LogP) is 4.71. The van der Waals surface area contributed by atoms with Crippen LogP contribution in [0.2, 0.25) is 0 Å². The van der Waals surface area contributed by atoms with Crippen molar-refractivity contribution < 1.29 is 5.11 Å². The van der Waals surface area contributed by atoms with Gasteiger partial charge in [-0.15, -0.1) is 0 Å². The molecule has 1 aromatic carbocycles. The van der Waals surface area contributed by atoms with Crippen molar-refractivity contribution in [3.05, 3.63) is 35.4 Å². The number of nitrogens with zero attached hydrogens (tertiary/aromatic N) is 1. The van der Waals surface area contributed by atoms with Crippen LogP contribution in [0.1, 0.15) is 75.0 Å². The van der Waals surface area contributed by atoms with Crippen LogP contribution in [0.25, 0.3) is 0 Å². The molecule has 2 aliphatic rings. The number of aliphatic hydroxyl groups excluding tert-OH is 1. The second-order valence-electron chi connectivity index (χ2n) is 6.96. The van der Waals surface area contributed by atoms with Crippen LogP contribution in [0.3, 0.4) is 0 Å². The number of aliphatic hydroxyl groups is 1. The summed E-state index contributed by atoms with van der Waals surface area (Å²) in [6.45, 7) is 2.22. The van der Waals surface area contributed by atoms with E-state index in [9.17, 15) is 10.4 Å². The van der Waals surface area contributed by atoms with Crippen LogP contribution < -0.4 is 0 Å². The molecule has 1 aromatic rings. The topological polar surface area (TPSA) is 44.0 Å². The Kier molecular flexibility index (Phi) is 4.04. The number of rotatable bonds is 4. The highest BCUT2D eigenvalue weighted by Crippen LogP contribution is 2.48. The Morgan fingerprint density at radius 1 is 1.19 bits per heavy atom. The third-order valence-corrected chi connectivity index (χ3v) is 5.62. The first kappa shape index (κ1) is 14.6. The normalized spacial score (nSPS) is 30.6. The zero-order valence-corrected chi connectivity index (χ0v) is 12.9. The van der Waals surface area contributed by atoms with Gasteiger partial charge < -0.3 is 5.11 Å². The highest BCUT2D eigenvalue weighted by atomic mass is 16.3. The summed E-state index contributed by atoms with van der Waals surface area (Å²) in [4.78, 5) is 0. The van der Waals surface area contributed by atoms with Gasteiger partial charge in [0, 0.05) is 0 Å². The van der Waals surface area contributed by atoms with Gasteiger partial charge in [0.25, 0.3) is 0 Å². The first-order valence-electron chi connectivity index (χ1n) is 8.37. The van der Waals surface area contributed by atoms with Crippen molar-refractivity contribution in [1.29, 1.82) is 5.26 Å². The fraction of sp³-hybridized carbons (Fsp3) is 0.632. The lowest BCUT2D eigenvalue weighted by Gasteiger charge is -2.38. The van der Waals surface area contributed by atoms with Gasteiger partial charge >= 0.3 is 0 Å². The van der Waals surface area contributed by atoms with E-state index in [1.807, 2.05) is 12.1 Å². The molecule has 0 saturated heterocycles. The molecule has 0 spiro atoms. The molecule has 1 atom stereocenters. The maximum absolute atomic E-state index is 10.8. The number of hydrogen-bond acceptors (Lipinski definition) is 2. The third kappa shape index (κ3) is 2.85. The predicted molar refractivity (Wildman–Crippen MR) is 83.7 cm³/mol. The van der Waals surface area contributed by atoms with Gasteiger partial charge in [0.2, 0.25) is 0 Å². The minimum Gasteiger partial charge on any atom is -0.387 e. The molecule has 0 aliphatic heterocycles. The number of benzene rings is 1. The molecule has 3 rings (SSSR count). The molecule has 112 valence electrons. The minimum absolute atomic E-state index is 0.577. The molecule has 2 heteroatoms. The minimum atomic E-state index is -0.645. The number of hydrogen-bond donors (Lipinski definition) is 1. The Hall–Kier alpha value is -1.33. The Balaban J connectivity index is 1.75. The van der Waals surface area contributed by atoms with E-state index in [1.165, 1.54) is 24.8 Å². The highest BCUT2D eigenvalue weighted by molar-refractivity contribution is 5.31. The Bertz CT molecular complexity index is 515. The molecule has 0 bridgehead atoms. The van der Waals surface area contributed by atoms with Crippen LogP contribution in [0.5, 0.6) is 0 Å². The average molecular weight is 283 g/mol.